The molecule has 1 N–H and O–H groups in total. The standard InChI is InChI=1S/C27H29ClN2O4/c1-33-17-16-29-27(32)26(22-6-4-3-5-7-22)30(19-21-10-14-24(34-2)15-11-21)25(31)18-20-8-12-23(28)13-9-20/h3-15,26H,16-19H2,1-2H3,(H,29,32). The number of ether oxygens (including phenoxy) is 2. The molecular formula is C27H29ClN2O4. The van der Waals surface area contributed by atoms with Gasteiger partial charge in [0, 0.05) is 25.2 Å². The summed E-state index contributed by atoms with van der Waals surface area (Å²) >= 11 is 6.01. The third-order valence-corrected chi connectivity index (χ3v) is 5.63. The third-order valence-electron chi connectivity index (χ3n) is 5.38. The number of carbonyl (C=O) groups excluding carboxylic acids is 2. The van der Waals surface area contributed by atoms with Crippen LogP contribution in [0.1, 0.15) is 22.7 Å². The van der Waals surface area contributed by atoms with E-state index >= 15 is 0 Å². The van der Waals surface area contributed by atoms with Gasteiger partial charge in [-0.1, -0.05) is 66.2 Å². The molecule has 0 bridgehead atoms. The van der Waals surface area contributed by atoms with Gasteiger partial charge < -0.3 is 19.7 Å². The van der Waals surface area contributed by atoms with Crippen molar-refractivity contribution in [3.8, 4) is 5.75 Å². The topological polar surface area (TPSA) is 67.9 Å². The van der Waals surface area contributed by atoms with E-state index in [9.17, 15) is 9.59 Å². The van der Waals surface area contributed by atoms with Gasteiger partial charge in [-0.15, -0.1) is 0 Å². The molecule has 178 valence electrons. The number of nitrogens with zero attached hydrogens (tertiary/aromatic N) is 1. The summed E-state index contributed by atoms with van der Waals surface area (Å²) in [5, 5.41) is 3.50. The predicted octanol–water partition coefficient (Wildman–Crippen LogP) is 4.42. The van der Waals surface area contributed by atoms with Crippen molar-refractivity contribution in [1.29, 1.82) is 0 Å². The number of nitrogens with one attached hydrogen (secondary N) is 1. The lowest BCUT2D eigenvalue weighted by molar-refractivity contribution is -0.141. The number of benzene rings is 3. The second-order valence-corrected chi connectivity index (χ2v) is 8.21. The highest BCUT2D eigenvalue weighted by molar-refractivity contribution is 6.30. The Morgan fingerprint density at radius 2 is 1.56 bits per heavy atom. The summed E-state index contributed by atoms with van der Waals surface area (Å²) in [5.74, 6) is 0.287. The molecule has 2 amide bonds. The Bertz CT molecular complexity index is 1060. The van der Waals surface area contributed by atoms with E-state index in [4.69, 9.17) is 21.1 Å². The van der Waals surface area contributed by atoms with Gasteiger partial charge in [0.15, 0.2) is 0 Å². The lowest BCUT2D eigenvalue weighted by atomic mass is 10.0. The Balaban J connectivity index is 1.96. The van der Waals surface area contributed by atoms with E-state index in [-0.39, 0.29) is 24.8 Å². The zero-order valence-electron chi connectivity index (χ0n) is 19.4. The van der Waals surface area contributed by atoms with Gasteiger partial charge in [0.2, 0.25) is 11.8 Å². The van der Waals surface area contributed by atoms with Crippen LogP contribution in [-0.2, 0) is 27.3 Å². The smallest absolute Gasteiger partial charge is 0.247 e. The van der Waals surface area contributed by atoms with Crippen LogP contribution in [0.3, 0.4) is 0 Å². The highest BCUT2D eigenvalue weighted by Gasteiger charge is 2.31. The minimum atomic E-state index is -0.806. The molecule has 0 radical (unpaired) electrons. The highest BCUT2D eigenvalue weighted by atomic mass is 35.5. The van der Waals surface area contributed by atoms with Gasteiger partial charge in [0.1, 0.15) is 11.8 Å². The van der Waals surface area contributed by atoms with Gasteiger partial charge >= 0.3 is 0 Å². The SMILES string of the molecule is COCCNC(=O)C(c1ccccc1)N(Cc1ccc(OC)cc1)C(=O)Cc1ccc(Cl)cc1. The van der Waals surface area contributed by atoms with Crippen molar-refractivity contribution in [2.75, 3.05) is 27.4 Å². The lowest BCUT2D eigenvalue weighted by Gasteiger charge is -2.32. The van der Waals surface area contributed by atoms with E-state index in [1.54, 1.807) is 31.3 Å². The van der Waals surface area contributed by atoms with Crippen LogP contribution >= 0.6 is 11.6 Å². The fraction of sp³-hybridized carbons (Fsp3) is 0.259. The first-order valence-electron chi connectivity index (χ1n) is 11.0. The molecule has 0 fully saturated rings. The first-order chi connectivity index (χ1) is 16.5. The van der Waals surface area contributed by atoms with Crippen molar-refractivity contribution in [1.82, 2.24) is 10.2 Å². The maximum atomic E-state index is 13.6. The van der Waals surface area contributed by atoms with E-state index in [1.807, 2.05) is 66.7 Å². The Labute approximate surface area is 205 Å². The molecule has 0 aliphatic carbocycles. The number of carbonyl (C=O) groups is 2. The normalized spacial score (nSPS) is 11.5. The number of hydrogen-bond donors (Lipinski definition) is 1. The summed E-state index contributed by atoms with van der Waals surface area (Å²) in [7, 11) is 3.18. The van der Waals surface area contributed by atoms with Gasteiger partial charge in [0.25, 0.3) is 0 Å². The molecule has 0 saturated carbocycles. The molecule has 0 aromatic heterocycles. The zero-order valence-corrected chi connectivity index (χ0v) is 20.1. The molecule has 34 heavy (non-hydrogen) atoms. The Morgan fingerprint density at radius 1 is 0.912 bits per heavy atom. The van der Waals surface area contributed by atoms with E-state index in [2.05, 4.69) is 5.32 Å². The maximum absolute atomic E-state index is 13.6. The summed E-state index contributed by atoms with van der Waals surface area (Å²) in [5.41, 5.74) is 2.44. The van der Waals surface area contributed by atoms with Crippen LogP contribution < -0.4 is 10.1 Å². The molecule has 3 aromatic carbocycles. The second kappa shape index (κ2) is 12.8. The molecule has 3 aromatic rings. The van der Waals surface area contributed by atoms with Crippen LogP contribution in [0.4, 0.5) is 0 Å². The average Bonchev–Trinajstić information content (AvgIpc) is 2.86. The molecule has 0 aliphatic rings. The van der Waals surface area contributed by atoms with Gasteiger partial charge in [-0.2, -0.15) is 0 Å². The molecule has 0 heterocycles. The van der Waals surface area contributed by atoms with E-state index in [0.717, 1.165) is 22.4 Å². The first kappa shape index (κ1) is 25.3. The Kier molecular flexibility index (Phi) is 9.50. The van der Waals surface area contributed by atoms with Gasteiger partial charge in [-0.3, -0.25) is 9.59 Å². The van der Waals surface area contributed by atoms with Crippen molar-refractivity contribution in [3.05, 3.63) is 101 Å². The van der Waals surface area contributed by atoms with E-state index < -0.39 is 6.04 Å². The summed E-state index contributed by atoms with van der Waals surface area (Å²) in [6, 6.07) is 23.1. The number of methoxy groups -OCH3 is 2. The molecule has 1 unspecified atom stereocenters. The van der Waals surface area contributed by atoms with Crippen LogP contribution in [0.2, 0.25) is 5.02 Å². The van der Waals surface area contributed by atoms with E-state index in [1.165, 1.54) is 0 Å². The minimum absolute atomic E-state index is 0.141. The summed E-state index contributed by atoms with van der Waals surface area (Å²) < 4.78 is 10.3. The number of rotatable bonds is 11. The van der Waals surface area contributed by atoms with Gasteiger partial charge in [-0.25, -0.2) is 0 Å². The largest absolute Gasteiger partial charge is 0.497 e. The fourth-order valence-corrected chi connectivity index (χ4v) is 3.74. The highest BCUT2D eigenvalue weighted by Crippen LogP contribution is 2.26. The molecule has 7 heteroatoms. The van der Waals surface area contributed by atoms with Crippen LogP contribution in [0, 0.1) is 0 Å². The molecule has 0 aliphatic heterocycles. The molecular weight excluding hydrogens is 452 g/mol. The first-order valence-corrected chi connectivity index (χ1v) is 11.4. The molecule has 0 spiro atoms. The molecule has 3 rings (SSSR count). The molecule has 0 saturated heterocycles. The monoisotopic (exact) mass is 480 g/mol. The van der Waals surface area contributed by atoms with Crippen LogP contribution in [0.5, 0.6) is 5.75 Å². The fourth-order valence-electron chi connectivity index (χ4n) is 3.61. The summed E-state index contributed by atoms with van der Waals surface area (Å²) in [6.07, 6.45) is 0.141. The molecule has 1 atom stereocenters. The number of hydrogen-bond acceptors (Lipinski definition) is 4. The van der Waals surface area contributed by atoms with Crippen LogP contribution in [0.25, 0.3) is 0 Å². The van der Waals surface area contributed by atoms with Crippen molar-refractivity contribution < 1.29 is 19.1 Å². The predicted molar refractivity (Wildman–Crippen MR) is 133 cm³/mol. The third kappa shape index (κ3) is 7.07. The van der Waals surface area contributed by atoms with Gasteiger partial charge in [0.05, 0.1) is 20.1 Å². The maximum Gasteiger partial charge on any atom is 0.247 e. The second-order valence-electron chi connectivity index (χ2n) is 7.77. The number of amides is 2. The van der Waals surface area contributed by atoms with E-state index in [0.29, 0.717) is 18.2 Å². The van der Waals surface area contributed by atoms with Crippen LogP contribution in [0.15, 0.2) is 78.9 Å². The summed E-state index contributed by atoms with van der Waals surface area (Å²) in [6.45, 7) is 0.985. The lowest BCUT2D eigenvalue weighted by Crippen LogP contribution is -2.44. The minimum Gasteiger partial charge on any atom is -0.497 e. The van der Waals surface area contributed by atoms with Crippen LogP contribution in [-0.4, -0.2) is 44.1 Å². The van der Waals surface area contributed by atoms with Crippen molar-refractivity contribution >= 4 is 23.4 Å². The zero-order chi connectivity index (χ0) is 24.3. The van der Waals surface area contributed by atoms with Crippen molar-refractivity contribution in [2.45, 2.75) is 19.0 Å². The van der Waals surface area contributed by atoms with Gasteiger partial charge in [-0.05, 0) is 41.0 Å². The Hall–Kier alpha value is -3.35. The summed E-state index contributed by atoms with van der Waals surface area (Å²) in [4.78, 5) is 28.6. The Morgan fingerprint density at radius 3 is 2.18 bits per heavy atom. The average molecular weight is 481 g/mol. The number of halogens is 1. The van der Waals surface area contributed by atoms with Crippen molar-refractivity contribution in [3.63, 3.8) is 0 Å². The van der Waals surface area contributed by atoms with Crippen molar-refractivity contribution in [2.24, 2.45) is 0 Å². The quantitative estimate of drug-likeness (QED) is 0.412. The molecule has 6 nitrogen and oxygen atoms in total.